The molecule has 2 fully saturated rings. The molecule has 166 valence electrons. The van der Waals surface area contributed by atoms with Gasteiger partial charge in [0.1, 0.15) is 5.75 Å². The predicted molar refractivity (Wildman–Crippen MR) is 116 cm³/mol. The molecule has 2 bridgehead atoms. The van der Waals surface area contributed by atoms with Crippen molar-refractivity contribution in [2.45, 2.75) is 37.4 Å². The molecule has 0 aromatic heterocycles. The van der Waals surface area contributed by atoms with Crippen molar-refractivity contribution < 1.29 is 22.7 Å². The van der Waals surface area contributed by atoms with E-state index in [1.54, 1.807) is 23.1 Å². The van der Waals surface area contributed by atoms with E-state index in [-0.39, 0.29) is 31.2 Å². The minimum absolute atomic E-state index is 0.0254. The zero-order valence-electron chi connectivity index (χ0n) is 17.9. The molecule has 0 radical (unpaired) electrons. The molecule has 2 aliphatic rings. The van der Waals surface area contributed by atoms with Crippen molar-refractivity contribution >= 4 is 15.9 Å². The Morgan fingerprint density at radius 2 is 1.74 bits per heavy atom. The van der Waals surface area contributed by atoms with E-state index in [1.807, 2.05) is 44.2 Å². The van der Waals surface area contributed by atoms with Crippen molar-refractivity contribution in [3.63, 3.8) is 0 Å². The molecule has 0 unspecified atom stereocenters. The maximum atomic E-state index is 13.1. The molecular formula is C23H28N2O5S. The number of aryl methyl sites for hydroxylation is 1. The van der Waals surface area contributed by atoms with Gasteiger partial charge in [0.25, 0.3) is 0 Å². The molecule has 4 rings (SSSR count). The van der Waals surface area contributed by atoms with Gasteiger partial charge < -0.3 is 14.4 Å². The fraction of sp³-hybridized carbons (Fsp3) is 0.435. The van der Waals surface area contributed by atoms with Crippen LogP contribution in [0.2, 0.25) is 0 Å². The number of benzene rings is 2. The molecule has 2 saturated heterocycles. The number of carbonyl (C=O) groups excluding carboxylic acids is 1. The monoisotopic (exact) mass is 444 g/mol. The Bertz CT molecular complexity index is 1020. The summed E-state index contributed by atoms with van der Waals surface area (Å²) in [6.45, 7) is 5.70. The third-order valence-electron chi connectivity index (χ3n) is 5.62. The van der Waals surface area contributed by atoms with Gasteiger partial charge in [-0.1, -0.05) is 24.3 Å². The number of fused-ring (bicyclic) bond motifs is 2. The number of nitrogens with zero attached hydrogens (tertiary/aromatic N) is 2. The summed E-state index contributed by atoms with van der Waals surface area (Å²) in [5.74, 6) is 0.812. The molecule has 8 heteroatoms. The van der Waals surface area contributed by atoms with Gasteiger partial charge in [0.05, 0.1) is 30.1 Å². The number of hydrogen-bond acceptors (Lipinski definition) is 5. The Morgan fingerprint density at radius 1 is 1.06 bits per heavy atom. The van der Waals surface area contributed by atoms with E-state index in [0.29, 0.717) is 31.0 Å². The quantitative estimate of drug-likeness (QED) is 0.683. The number of carbonyl (C=O) groups is 1. The molecule has 2 aromatic rings. The fourth-order valence-corrected chi connectivity index (χ4v) is 5.74. The van der Waals surface area contributed by atoms with Crippen molar-refractivity contribution in [2.75, 3.05) is 32.8 Å². The predicted octanol–water partition coefficient (Wildman–Crippen LogP) is 2.24. The second kappa shape index (κ2) is 8.98. The molecule has 2 atom stereocenters. The number of hydrogen-bond donors (Lipinski definition) is 0. The first-order valence-corrected chi connectivity index (χ1v) is 12.0. The van der Waals surface area contributed by atoms with Gasteiger partial charge in [0, 0.05) is 26.2 Å². The van der Waals surface area contributed by atoms with Gasteiger partial charge in [0.15, 0.2) is 0 Å². The second-order valence-corrected chi connectivity index (χ2v) is 10.0. The number of sulfonamides is 1. The summed E-state index contributed by atoms with van der Waals surface area (Å²) in [6, 6.07) is 14.5. The third kappa shape index (κ3) is 4.92. The van der Waals surface area contributed by atoms with Crippen molar-refractivity contribution in [2.24, 2.45) is 0 Å². The summed E-state index contributed by atoms with van der Waals surface area (Å²) >= 11 is 0. The van der Waals surface area contributed by atoms with Gasteiger partial charge in [-0.15, -0.1) is 0 Å². The third-order valence-corrected chi connectivity index (χ3v) is 7.44. The van der Waals surface area contributed by atoms with Gasteiger partial charge in [-0.05, 0) is 49.2 Å². The highest BCUT2D eigenvalue weighted by molar-refractivity contribution is 7.89. The highest BCUT2D eigenvalue weighted by Gasteiger charge is 2.41. The van der Waals surface area contributed by atoms with Crippen molar-refractivity contribution in [3.8, 4) is 5.75 Å². The van der Waals surface area contributed by atoms with E-state index >= 15 is 0 Å². The van der Waals surface area contributed by atoms with Crippen molar-refractivity contribution in [1.29, 1.82) is 0 Å². The number of rotatable bonds is 6. The van der Waals surface area contributed by atoms with Crippen LogP contribution in [0.4, 0.5) is 0 Å². The van der Waals surface area contributed by atoms with Crippen molar-refractivity contribution in [1.82, 2.24) is 9.21 Å². The van der Waals surface area contributed by atoms with Crippen LogP contribution in [0.25, 0.3) is 0 Å². The maximum absolute atomic E-state index is 13.1. The Kier molecular flexibility index (Phi) is 6.31. The molecule has 2 heterocycles. The zero-order chi connectivity index (χ0) is 22.0. The smallest absolute Gasteiger partial charge is 0.243 e. The van der Waals surface area contributed by atoms with Crippen LogP contribution in [-0.4, -0.2) is 68.5 Å². The van der Waals surface area contributed by atoms with Crippen LogP contribution in [0.3, 0.4) is 0 Å². The molecule has 2 aliphatic heterocycles. The van der Waals surface area contributed by atoms with Crippen LogP contribution in [-0.2, 0) is 26.0 Å². The highest BCUT2D eigenvalue weighted by atomic mass is 32.2. The van der Waals surface area contributed by atoms with Crippen LogP contribution in [0.5, 0.6) is 5.75 Å². The molecule has 0 spiro atoms. The number of morpholine rings is 2. The lowest BCUT2D eigenvalue weighted by molar-refractivity contribution is -0.153. The van der Waals surface area contributed by atoms with E-state index in [4.69, 9.17) is 9.47 Å². The number of amides is 1. The lowest BCUT2D eigenvalue weighted by Gasteiger charge is -2.45. The van der Waals surface area contributed by atoms with E-state index in [2.05, 4.69) is 0 Å². The van der Waals surface area contributed by atoms with Crippen LogP contribution >= 0.6 is 0 Å². The topological polar surface area (TPSA) is 76.2 Å². The maximum Gasteiger partial charge on any atom is 0.243 e. The first-order chi connectivity index (χ1) is 14.8. The normalized spacial score (nSPS) is 21.7. The SMILES string of the molecule is CCOc1ccc(CC(=O)N2C[C@@H]3CN(S(=O)(=O)c4cccc(C)c4)C[C@H](C2)O3)cc1. The number of ether oxygens (including phenoxy) is 2. The minimum Gasteiger partial charge on any atom is -0.494 e. The van der Waals surface area contributed by atoms with E-state index < -0.39 is 10.0 Å². The summed E-state index contributed by atoms with van der Waals surface area (Å²) in [4.78, 5) is 15.0. The van der Waals surface area contributed by atoms with Gasteiger partial charge in [-0.3, -0.25) is 4.79 Å². The first kappa shape index (κ1) is 21.8. The largest absolute Gasteiger partial charge is 0.494 e. The van der Waals surface area contributed by atoms with Gasteiger partial charge >= 0.3 is 0 Å². The van der Waals surface area contributed by atoms with Gasteiger partial charge in [-0.2, -0.15) is 4.31 Å². The van der Waals surface area contributed by atoms with E-state index in [9.17, 15) is 13.2 Å². The van der Waals surface area contributed by atoms with Gasteiger partial charge in [-0.25, -0.2) is 8.42 Å². The summed E-state index contributed by atoms with van der Waals surface area (Å²) in [5, 5.41) is 0. The van der Waals surface area contributed by atoms with Crippen LogP contribution in [0.1, 0.15) is 18.1 Å². The molecule has 2 aromatic carbocycles. The Morgan fingerprint density at radius 3 is 2.35 bits per heavy atom. The van der Waals surface area contributed by atoms with E-state index in [0.717, 1.165) is 16.9 Å². The van der Waals surface area contributed by atoms with Crippen molar-refractivity contribution in [3.05, 3.63) is 59.7 Å². The molecular weight excluding hydrogens is 416 g/mol. The lowest BCUT2D eigenvalue weighted by Crippen LogP contribution is -2.61. The average Bonchev–Trinajstić information content (AvgIpc) is 2.74. The standard InChI is InChI=1S/C23H28N2O5S/c1-3-29-19-9-7-18(8-10-19)12-23(26)24-13-20-15-25(16-21(14-24)30-20)31(27,28)22-6-4-5-17(2)11-22/h4-11,20-21H,3,12-16H2,1-2H3/t20-,21+. The molecule has 7 nitrogen and oxygen atoms in total. The summed E-state index contributed by atoms with van der Waals surface area (Å²) in [5.41, 5.74) is 1.83. The highest BCUT2D eigenvalue weighted by Crippen LogP contribution is 2.26. The zero-order valence-corrected chi connectivity index (χ0v) is 18.7. The molecule has 1 amide bonds. The molecule has 0 N–H and O–H groups in total. The Hall–Kier alpha value is -2.42. The molecule has 0 saturated carbocycles. The van der Waals surface area contributed by atoms with E-state index in [1.165, 1.54) is 4.31 Å². The first-order valence-electron chi connectivity index (χ1n) is 10.6. The van der Waals surface area contributed by atoms with Crippen LogP contribution < -0.4 is 4.74 Å². The summed E-state index contributed by atoms with van der Waals surface area (Å²) in [7, 11) is -3.58. The van der Waals surface area contributed by atoms with Crippen LogP contribution in [0.15, 0.2) is 53.4 Å². The second-order valence-electron chi connectivity index (χ2n) is 8.07. The molecule has 0 aliphatic carbocycles. The average molecular weight is 445 g/mol. The minimum atomic E-state index is -3.58. The van der Waals surface area contributed by atoms with Gasteiger partial charge in [0.2, 0.25) is 15.9 Å². The Balaban J connectivity index is 1.39. The fourth-order valence-electron chi connectivity index (χ4n) is 4.14. The lowest BCUT2D eigenvalue weighted by atomic mass is 10.1. The Labute approximate surface area is 183 Å². The van der Waals surface area contributed by atoms with Crippen LogP contribution in [0, 0.1) is 6.92 Å². The molecule has 31 heavy (non-hydrogen) atoms. The summed E-state index contributed by atoms with van der Waals surface area (Å²) in [6.07, 6.45) is -0.343. The summed E-state index contributed by atoms with van der Waals surface area (Å²) < 4.78 is 39.1.